The molecular weight excluding hydrogens is 259 g/mol. The first-order valence-corrected chi connectivity index (χ1v) is 6.43. The molecule has 17 heavy (non-hydrogen) atoms. The topological polar surface area (TPSA) is 17.1 Å². The fourth-order valence-corrected chi connectivity index (χ4v) is 2.39. The Morgan fingerprint density at radius 2 is 2.18 bits per heavy atom. The zero-order valence-electron chi connectivity index (χ0n) is 8.95. The van der Waals surface area contributed by atoms with Crippen molar-refractivity contribution in [3.05, 3.63) is 57.0 Å². The fraction of sp³-hybridized carbons (Fsp3) is 0.154. The summed E-state index contributed by atoms with van der Waals surface area (Å²) in [4.78, 5) is 13.0. The Balaban J connectivity index is 2.02. The number of ketones is 1. The summed E-state index contributed by atoms with van der Waals surface area (Å²) in [5.74, 6) is -0.512. The van der Waals surface area contributed by atoms with Crippen LogP contribution in [-0.4, -0.2) is 5.78 Å². The summed E-state index contributed by atoms with van der Waals surface area (Å²) in [6.07, 6.45) is 1.13. The van der Waals surface area contributed by atoms with Crippen molar-refractivity contribution in [1.29, 1.82) is 0 Å². The highest BCUT2D eigenvalue weighted by molar-refractivity contribution is 7.09. The number of thiophene rings is 1. The zero-order valence-corrected chi connectivity index (χ0v) is 10.5. The van der Waals surface area contributed by atoms with Gasteiger partial charge in [0, 0.05) is 16.9 Å². The Morgan fingerprint density at radius 3 is 2.82 bits per heavy atom. The average Bonchev–Trinajstić information content (AvgIpc) is 2.82. The van der Waals surface area contributed by atoms with Crippen LogP contribution >= 0.6 is 22.9 Å². The Bertz CT molecular complexity index is 522. The molecule has 0 saturated heterocycles. The molecule has 0 amide bonds. The van der Waals surface area contributed by atoms with Crippen molar-refractivity contribution in [2.75, 3.05) is 0 Å². The predicted octanol–water partition coefficient (Wildman–Crippen LogP) is 4.36. The first kappa shape index (κ1) is 12.3. The number of Topliss-reactive ketones (excluding diaryl/α,β-unsaturated/α-hetero) is 1. The molecule has 0 fully saturated rings. The molecule has 4 heteroatoms. The molecule has 88 valence electrons. The Morgan fingerprint density at radius 1 is 1.35 bits per heavy atom. The molecule has 0 radical (unpaired) electrons. The minimum atomic E-state index is -0.499. The minimum absolute atomic E-state index is 0.00743. The molecule has 0 aliphatic rings. The van der Waals surface area contributed by atoms with Crippen LogP contribution in [0.5, 0.6) is 0 Å². The second-order valence-corrected chi connectivity index (χ2v) is 5.07. The Kier molecular flexibility index (Phi) is 3.92. The second kappa shape index (κ2) is 5.43. The molecule has 0 saturated carbocycles. The van der Waals surface area contributed by atoms with Crippen LogP contribution in [0.3, 0.4) is 0 Å². The highest BCUT2D eigenvalue weighted by Crippen LogP contribution is 2.18. The normalized spacial score (nSPS) is 10.5. The summed E-state index contributed by atoms with van der Waals surface area (Å²) in [6.45, 7) is 0. The molecule has 0 N–H and O–H groups in total. The van der Waals surface area contributed by atoms with E-state index < -0.39 is 5.82 Å². The first-order chi connectivity index (χ1) is 8.16. The molecule has 1 aromatic heterocycles. The van der Waals surface area contributed by atoms with E-state index in [0.29, 0.717) is 18.4 Å². The van der Waals surface area contributed by atoms with Crippen molar-refractivity contribution in [2.24, 2.45) is 0 Å². The lowest BCUT2D eigenvalue weighted by Crippen LogP contribution is -2.00. The molecule has 0 aliphatic carbocycles. The number of benzene rings is 1. The van der Waals surface area contributed by atoms with Crippen molar-refractivity contribution in [1.82, 2.24) is 0 Å². The summed E-state index contributed by atoms with van der Waals surface area (Å²) in [5.41, 5.74) is 0.466. The third kappa shape index (κ3) is 3.14. The number of halogens is 2. The predicted molar refractivity (Wildman–Crippen MR) is 68.4 cm³/mol. The van der Waals surface area contributed by atoms with Crippen molar-refractivity contribution >= 4 is 28.7 Å². The zero-order chi connectivity index (χ0) is 12.3. The van der Waals surface area contributed by atoms with Crippen LogP contribution < -0.4 is 0 Å². The molecule has 1 heterocycles. The SMILES string of the molecule is O=C(CCc1cccs1)c1ccc(F)c(Cl)c1. The molecular formula is C13H10ClFOS. The lowest BCUT2D eigenvalue weighted by Gasteiger charge is -2.01. The van der Waals surface area contributed by atoms with Crippen molar-refractivity contribution < 1.29 is 9.18 Å². The molecule has 0 bridgehead atoms. The van der Waals surface area contributed by atoms with Crippen LogP contribution in [0.25, 0.3) is 0 Å². The number of carbonyl (C=O) groups excluding carboxylic acids is 1. The van der Waals surface area contributed by atoms with Crippen molar-refractivity contribution in [3.8, 4) is 0 Å². The molecule has 0 atom stereocenters. The highest BCUT2D eigenvalue weighted by atomic mass is 35.5. The summed E-state index contributed by atoms with van der Waals surface area (Å²) in [6, 6.07) is 8.03. The Labute approximate surface area is 108 Å². The van der Waals surface area contributed by atoms with Gasteiger partial charge in [-0.3, -0.25) is 4.79 Å². The smallest absolute Gasteiger partial charge is 0.163 e. The maximum atomic E-state index is 12.9. The van der Waals surface area contributed by atoms with Gasteiger partial charge < -0.3 is 0 Å². The Hall–Kier alpha value is -1.19. The van der Waals surface area contributed by atoms with Gasteiger partial charge in [0.15, 0.2) is 5.78 Å². The fourth-order valence-electron chi connectivity index (χ4n) is 1.51. The molecule has 0 spiro atoms. The number of rotatable bonds is 4. The molecule has 2 aromatic rings. The van der Waals surface area contributed by atoms with E-state index >= 15 is 0 Å². The summed E-state index contributed by atoms with van der Waals surface area (Å²) < 4.78 is 12.9. The van der Waals surface area contributed by atoms with Gasteiger partial charge in [-0.05, 0) is 36.1 Å². The van der Waals surface area contributed by atoms with E-state index in [1.165, 1.54) is 23.1 Å². The molecule has 2 rings (SSSR count). The lowest BCUT2D eigenvalue weighted by molar-refractivity contribution is 0.0983. The van der Waals surface area contributed by atoms with Gasteiger partial charge in [-0.15, -0.1) is 11.3 Å². The number of hydrogen-bond donors (Lipinski definition) is 0. The van der Waals surface area contributed by atoms with Gasteiger partial charge in [0.05, 0.1) is 5.02 Å². The van der Waals surface area contributed by atoms with Gasteiger partial charge in [0.1, 0.15) is 5.82 Å². The van der Waals surface area contributed by atoms with E-state index in [-0.39, 0.29) is 10.8 Å². The van der Waals surface area contributed by atoms with Crippen LogP contribution in [0.2, 0.25) is 5.02 Å². The maximum absolute atomic E-state index is 12.9. The van der Waals surface area contributed by atoms with Gasteiger partial charge in [0.25, 0.3) is 0 Å². The van der Waals surface area contributed by atoms with E-state index in [0.717, 1.165) is 0 Å². The summed E-state index contributed by atoms with van der Waals surface area (Å²) in [5, 5.41) is 1.97. The molecule has 0 unspecified atom stereocenters. The third-order valence-electron chi connectivity index (χ3n) is 2.42. The number of aryl methyl sites for hydroxylation is 1. The number of hydrogen-bond acceptors (Lipinski definition) is 2. The van der Waals surface area contributed by atoms with Crippen molar-refractivity contribution in [2.45, 2.75) is 12.8 Å². The molecule has 0 aliphatic heterocycles. The van der Waals surface area contributed by atoms with Gasteiger partial charge in [-0.2, -0.15) is 0 Å². The van der Waals surface area contributed by atoms with Gasteiger partial charge in [-0.25, -0.2) is 4.39 Å². The lowest BCUT2D eigenvalue weighted by atomic mass is 10.1. The van der Waals surface area contributed by atoms with Gasteiger partial charge >= 0.3 is 0 Å². The van der Waals surface area contributed by atoms with E-state index in [1.807, 2.05) is 17.5 Å². The standard InChI is InChI=1S/C13H10ClFOS/c14-11-8-9(3-5-12(11)15)13(16)6-4-10-2-1-7-17-10/h1-3,5,7-8H,4,6H2. The van der Waals surface area contributed by atoms with E-state index in [1.54, 1.807) is 11.3 Å². The monoisotopic (exact) mass is 268 g/mol. The number of carbonyl (C=O) groups is 1. The first-order valence-electron chi connectivity index (χ1n) is 5.17. The van der Waals surface area contributed by atoms with Crippen LogP contribution in [0, 0.1) is 5.82 Å². The average molecular weight is 269 g/mol. The summed E-state index contributed by atoms with van der Waals surface area (Å²) >= 11 is 7.26. The second-order valence-electron chi connectivity index (χ2n) is 3.63. The molecule has 1 nitrogen and oxygen atoms in total. The maximum Gasteiger partial charge on any atom is 0.163 e. The third-order valence-corrected chi connectivity index (χ3v) is 3.65. The summed E-state index contributed by atoms with van der Waals surface area (Å²) in [7, 11) is 0. The van der Waals surface area contributed by atoms with Crippen LogP contribution in [0.15, 0.2) is 35.7 Å². The van der Waals surface area contributed by atoms with Gasteiger partial charge in [0.2, 0.25) is 0 Å². The van der Waals surface area contributed by atoms with E-state index in [4.69, 9.17) is 11.6 Å². The van der Waals surface area contributed by atoms with E-state index in [2.05, 4.69) is 0 Å². The van der Waals surface area contributed by atoms with Gasteiger partial charge in [-0.1, -0.05) is 17.7 Å². The minimum Gasteiger partial charge on any atom is -0.294 e. The van der Waals surface area contributed by atoms with Crippen LogP contribution in [0.1, 0.15) is 21.7 Å². The quantitative estimate of drug-likeness (QED) is 0.753. The largest absolute Gasteiger partial charge is 0.294 e. The van der Waals surface area contributed by atoms with Crippen LogP contribution in [-0.2, 0) is 6.42 Å². The highest BCUT2D eigenvalue weighted by Gasteiger charge is 2.09. The molecule has 1 aromatic carbocycles. The van der Waals surface area contributed by atoms with Crippen LogP contribution in [0.4, 0.5) is 4.39 Å². The van der Waals surface area contributed by atoms with Crippen molar-refractivity contribution in [3.63, 3.8) is 0 Å². The van der Waals surface area contributed by atoms with E-state index in [9.17, 15) is 9.18 Å².